The van der Waals surface area contributed by atoms with Crippen LogP contribution in [0.3, 0.4) is 0 Å². The second-order valence-corrected chi connectivity index (χ2v) is 10.6. The van der Waals surface area contributed by atoms with Gasteiger partial charge in [0.2, 0.25) is 0 Å². The number of aliphatic imine (C=N–C) groups is 1. The molecule has 0 unspecified atom stereocenters. The standard InChI is InChI=1S/C38H25N3O/c39-37(26-18-17-23-9-1-2-10-24(23)21-26)41-38(40)32-20-19-30(36-35(32)31-15-7-8-16-34(31)42-36)33-22-25-11-3-4-12-27(25)28-13-5-6-14-29(28)33/h1-22H,(H3,39,40,41). The van der Waals surface area contributed by atoms with Gasteiger partial charge in [-0.1, -0.05) is 103 Å². The number of hydrogen-bond acceptors (Lipinski definition) is 2. The average molecular weight is 540 g/mol. The number of rotatable bonds is 3. The highest BCUT2D eigenvalue weighted by Crippen LogP contribution is 2.42. The maximum atomic E-state index is 8.77. The van der Waals surface area contributed by atoms with Crippen LogP contribution in [0.1, 0.15) is 11.1 Å². The Labute approximate surface area is 241 Å². The molecule has 8 aromatic rings. The molecule has 198 valence electrons. The molecule has 7 aromatic carbocycles. The summed E-state index contributed by atoms with van der Waals surface area (Å²) in [6.07, 6.45) is 0. The molecular formula is C38H25N3O. The van der Waals surface area contributed by atoms with Crippen molar-refractivity contribution >= 4 is 65.9 Å². The van der Waals surface area contributed by atoms with Gasteiger partial charge in [0.1, 0.15) is 17.0 Å². The maximum absolute atomic E-state index is 8.77. The minimum atomic E-state index is 0.115. The molecule has 0 aliphatic rings. The van der Waals surface area contributed by atoms with Crippen molar-refractivity contribution in [1.29, 1.82) is 5.41 Å². The molecule has 8 rings (SSSR count). The van der Waals surface area contributed by atoms with Gasteiger partial charge < -0.3 is 10.2 Å². The molecule has 1 aromatic heterocycles. The van der Waals surface area contributed by atoms with E-state index in [1.54, 1.807) is 0 Å². The number of para-hydroxylation sites is 1. The molecule has 1 heterocycles. The lowest BCUT2D eigenvalue weighted by Crippen LogP contribution is -2.16. The molecule has 4 heteroatoms. The topological polar surface area (TPSA) is 75.4 Å². The zero-order chi connectivity index (χ0) is 28.2. The van der Waals surface area contributed by atoms with E-state index in [-0.39, 0.29) is 11.7 Å². The fraction of sp³-hybridized carbons (Fsp3) is 0. The van der Waals surface area contributed by atoms with Crippen LogP contribution in [0.5, 0.6) is 0 Å². The van der Waals surface area contributed by atoms with E-state index in [0.717, 1.165) is 54.8 Å². The Hall–Kier alpha value is -5.74. The summed E-state index contributed by atoms with van der Waals surface area (Å²) in [5, 5.41) is 17.6. The van der Waals surface area contributed by atoms with E-state index in [1.807, 2.05) is 60.7 Å². The van der Waals surface area contributed by atoms with Crippen molar-refractivity contribution in [2.75, 3.05) is 0 Å². The zero-order valence-corrected chi connectivity index (χ0v) is 22.6. The number of hydrogen-bond donors (Lipinski definition) is 2. The van der Waals surface area contributed by atoms with E-state index < -0.39 is 0 Å². The highest BCUT2D eigenvalue weighted by atomic mass is 16.3. The van der Waals surface area contributed by atoms with Gasteiger partial charge in [0, 0.05) is 27.5 Å². The molecule has 42 heavy (non-hydrogen) atoms. The van der Waals surface area contributed by atoms with E-state index in [2.05, 4.69) is 77.8 Å². The summed E-state index contributed by atoms with van der Waals surface area (Å²) in [7, 11) is 0. The summed E-state index contributed by atoms with van der Waals surface area (Å²) in [5.74, 6) is 0.392. The molecule has 3 N–H and O–H groups in total. The van der Waals surface area contributed by atoms with Gasteiger partial charge in [-0.3, -0.25) is 5.41 Å². The Morgan fingerprint density at radius 3 is 2.07 bits per heavy atom. The van der Waals surface area contributed by atoms with Crippen LogP contribution in [-0.4, -0.2) is 11.7 Å². The molecule has 0 bridgehead atoms. The molecule has 4 nitrogen and oxygen atoms in total. The van der Waals surface area contributed by atoms with Crippen molar-refractivity contribution in [3.05, 3.63) is 145 Å². The largest absolute Gasteiger partial charge is 0.455 e. The number of furan rings is 1. The monoisotopic (exact) mass is 539 g/mol. The fourth-order valence-electron chi connectivity index (χ4n) is 6.11. The molecule has 0 saturated carbocycles. The number of nitrogens with two attached hydrogens (primary N) is 1. The van der Waals surface area contributed by atoms with Crippen LogP contribution in [0.15, 0.2) is 143 Å². The van der Waals surface area contributed by atoms with Crippen LogP contribution in [-0.2, 0) is 0 Å². The van der Waals surface area contributed by atoms with Crippen molar-refractivity contribution in [2.45, 2.75) is 0 Å². The molecule has 0 aliphatic carbocycles. The summed E-state index contributed by atoms with van der Waals surface area (Å²) in [4.78, 5) is 4.59. The first-order chi connectivity index (χ1) is 20.7. The summed E-state index contributed by atoms with van der Waals surface area (Å²) in [6.45, 7) is 0. The number of nitrogens with zero attached hydrogens (tertiary/aromatic N) is 1. The van der Waals surface area contributed by atoms with Crippen molar-refractivity contribution in [1.82, 2.24) is 0 Å². The Kier molecular flexibility index (Phi) is 5.41. The smallest absolute Gasteiger partial charge is 0.154 e. The first-order valence-electron chi connectivity index (χ1n) is 13.9. The average Bonchev–Trinajstić information content (AvgIpc) is 3.43. The van der Waals surface area contributed by atoms with Gasteiger partial charge in [0.25, 0.3) is 0 Å². The van der Waals surface area contributed by atoms with Gasteiger partial charge in [0.05, 0.1) is 0 Å². The molecule has 0 radical (unpaired) electrons. The van der Waals surface area contributed by atoms with E-state index in [1.165, 1.54) is 16.2 Å². The van der Waals surface area contributed by atoms with Gasteiger partial charge >= 0.3 is 0 Å². The maximum Gasteiger partial charge on any atom is 0.154 e. The lowest BCUT2D eigenvalue weighted by atomic mass is 9.91. The third-order valence-corrected chi connectivity index (χ3v) is 8.12. The Bertz CT molecular complexity index is 2400. The number of amidine groups is 2. The van der Waals surface area contributed by atoms with Crippen molar-refractivity contribution in [2.24, 2.45) is 10.7 Å². The summed E-state index contributed by atoms with van der Waals surface area (Å²) in [5.41, 5.74) is 11.8. The third kappa shape index (κ3) is 3.77. The molecule has 0 aliphatic heterocycles. The van der Waals surface area contributed by atoms with Gasteiger partial charge in [-0.2, -0.15) is 0 Å². The van der Waals surface area contributed by atoms with Gasteiger partial charge in [-0.25, -0.2) is 4.99 Å². The van der Waals surface area contributed by atoms with E-state index in [9.17, 15) is 0 Å². The van der Waals surface area contributed by atoms with Crippen molar-refractivity contribution in [3.8, 4) is 11.1 Å². The Morgan fingerprint density at radius 2 is 1.24 bits per heavy atom. The van der Waals surface area contributed by atoms with Crippen LogP contribution in [0.2, 0.25) is 0 Å². The molecule has 0 amide bonds. The van der Waals surface area contributed by atoms with Gasteiger partial charge in [-0.15, -0.1) is 0 Å². The Morgan fingerprint density at radius 1 is 0.571 bits per heavy atom. The second kappa shape index (κ2) is 9.43. The molecule has 0 saturated heterocycles. The minimum Gasteiger partial charge on any atom is -0.455 e. The highest BCUT2D eigenvalue weighted by Gasteiger charge is 2.20. The van der Waals surface area contributed by atoms with Crippen LogP contribution in [0, 0.1) is 5.41 Å². The zero-order valence-electron chi connectivity index (χ0n) is 22.6. The van der Waals surface area contributed by atoms with Crippen LogP contribution in [0.25, 0.3) is 65.4 Å². The third-order valence-electron chi connectivity index (χ3n) is 8.12. The predicted molar refractivity (Wildman–Crippen MR) is 176 cm³/mol. The molecule has 0 atom stereocenters. The SMILES string of the molecule is N=C(/N=C(\N)c1ccc(-c2cc3ccccc3c3ccccc23)c2oc3ccccc3c12)c1ccc2ccccc2c1. The minimum absolute atomic E-state index is 0.115. The number of fused-ring (bicyclic) bond motifs is 7. The lowest BCUT2D eigenvalue weighted by Gasteiger charge is -2.13. The first kappa shape index (κ1) is 24.1. The fourth-order valence-corrected chi connectivity index (χ4v) is 6.11. The summed E-state index contributed by atoms with van der Waals surface area (Å²) >= 11 is 0. The van der Waals surface area contributed by atoms with Gasteiger partial charge in [-0.05, 0) is 68.2 Å². The quantitative estimate of drug-likeness (QED) is 0.133. The van der Waals surface area contributed by atoms with Crippen LogP contribution >= 0.6 is 0 Å². The first-order valence-corrected chi connectivity index (χ1v) is 13.9. The Balaban J connectivity index is 1.34. The van der Waals surface area contributed by atoms with Gasteiger partial charge in [0.15, 0.2) is 5.84 Å². The number of nitrogens with one attached hydrogen (secondary N) is 1. The van der Waals surface area contributed by atoms with Crippen LogP contribution < -0.4 is 5.73 Å². The van der Waals surface area contributed by atoms with Crippen LogP contribution in [0.4, 0.5) is 0 Å². The normalized spacial score (nSPS) is 12.1. The van der Waals surface area contributed by atoms with Crippen molar-refractivity contribution in [3.63, 3.8) is 0 Å². The molecular weight excluding hydrogens is 514 g/mol. The lowest BCUT2D eigenvalue weighted by molar-refractivity contribution is 0.670. The van der Waals surface area contributed by atoms with E-state index in [0.29, 0.717) is 5.56 Å². The molecule has 0 spiro atoms. The second-order valence-electron chi connectivity index (χ2n) is 10.6. The summed E-state index contributed by atoms with van der Waals surface area (Å²) in [6, 6.07) is 45.3. The van der Waals surface area contributed by atoms with Crippen molar-refractivity contribution < 1.29 is 4.42 Å². The van der Waals surface area contributed by atoms with E-state index in [4.69, 9.17) is 15.6 Å². The number of benzene rings is 7. The summed E-state index contributed by atoms with van der Waals surface area (Å²) < 4.78 is 6.56. The highest BCUT2D eigenvalue weighted by molar-refractivity contribution is 6.24. The molecule has 0 fully saturated rings. The predicted octanol–water partition coefficient (Wildman–Crippen LogP) is 9.44. The van der Waals surface area contributed by atoms with E-state index >= 15 is 0 Å².